The first-order chi connectivity index (χ1) is 4.91. The highest BCUT2D eigenvalue weighted by molar-refractivity contribution is 6.35. The molecule has 0 aliphatic rings. The van der Waals surface area contributed by atoms with E-state index in [-0.39, 0.29) is 9.52 Å². The van der Waals surface area contributed by atoms with Gasteiger partial charge in [-0.15, -0.1) is 0 Å². The average Bonchev–Trinajstić information content (AvgIpc) is 1.97. The number of hydrogen-bond donors (Lipinski definition) is 0. The van der Waals surface area contributed by atoms with Gasteiger partial charge in [-0.05, 0) is 6.42 Å². The molecule has 0 rings (SSSR count). The number of aliphatic imine (C=N–C) groups is 1. The van der Waals surface area contributed by atoms with Gasteiger partial charge < -0.3 is 4.74 Å². The van der Waals surface area contributed by atoms with Crippen LogP contribution in [0.5, 0.6) is 0 Å². The molecule has 0 saturated heterocycles. The molecule has 0 radical (unpaired) electrons. The molecule has 0 aromatic rings. The van der Waals surface area contributed by atoms with Gasteiger partial charge in [0.15, 0.2) is 0 Å². The highest BCUT2D eigenvalue weighted by Gasteiger charge is 1.87. The molecule has 3 nitrogen and oxygen atoms in total. The number of isocyanates is 1. The zero-order valence-corrected chi connectivity index (χ0v) is 7.71. The molecule has 0 aliphatic carbocycles. The molecule has 10 heavy (non-hydrogen) atoms. The molecular weight excluding hydrogens is 146 g/mol. The minimum absolute atomic E-state index is 0.0287. The molecule has 0 saturated carbocycles. The van der Waals surface area contributed by atoms with Crippen LogP contribution in [0, 0.1) is 0 Å². The van der Waals surface area contributed by atoms with Crippen molar-refractivity contribution in [1.82, 2.24) is 0 Å². The molecule has 58 valence electrons. The van der Waals surface area contributed by atoms with Crippen LogP contribution in [-0.4, -0.2) is 35.5 Å². The predicted octanol–water partition coefficient (Wildman–Crippen LogP) is -0.0967. The monoisotopic (exact) mass is 159 g/mol. The highest BCUT2D eigenvalue weighted by Crippen LogP contribution is 1.87. The fourth-order valence-electron chi connectivity index (χ4n) is 0.660. The summed E-state index contributed by atoms with van der Waals surface area (Å²) in [7, 11) is 1.69. The van der Waals surface area contributed by atoms with Crippen LogP contribution in [0.2, 0.25) is 6.04 Å². The van der Waals surface area contributed by atoms with E-state index in [0.29, 0.717) is 6.54 Å². The fraction of sp³-hybridized carbons (Fsp3) is 0.833. The lowest BCUT2D eigenvalue weighted by Gasteiger charge is -1.94. The lowest BCUT2D eigenvalue weighted by molar-refractivity contribution is 0.251. The Morgan fingerprint density at radius 2 is 2.50 bits per heavy atom. The van der Waals surface area contributed by atoms with Crippen molar-refractivity contribution in [2.24, 2.45) is 4.99 Å². The molecule has 0 fully saturated rings. The van der Waals surface area contributed by atoms with E-state index in [2.05, 4.69) is 4.99 Å². The van der Waals surface area contributed by atoms with Crippen LogP contribution in [0.15, 0.2) is 4.99 Å². The summed E-state index contributed by atoms with van der Waals surface area (Å²) in [4.78, 5) is 13.0. The molecule has 4 heteroatoms. The van der Waals surface area contributed by atoms with Gasteiger partial charge in [-0.25, -0.2) is 9.79 Å². The molecule has 0 spiro atoms. The molecule has 0 aromatic carbocycles. The second kappa shape index (κ2) is 8.56. The second-order valence-corrected chi connectivity index (χ2v) is 3.85. The number of nitrogens with zero attached hydrogens (tertiary/aromatic N) is 1. The molecule has 0 aromatic heterocycles. The van der Waals surface area contributed by atoms with E-state index in [9.17, 15) is 4.79 Å². The topological polar surface area (TPSA) is 38.7 Å². The summed E-state index contributed by atoms with van der Waals surface area (Å²) in [6.07, 6.45) is 3.47. The normalized spacial score (nSPS) is 10.1. The summed E-state index contributed by atoms with van der Waals surface area (Å²) in [5.74, 6) is 0. The van der Waals surface area contributed by atoms with Crippen molar-refractivity contribution in [1.29, 1.82) is 0 Å². The third-order valence-electron chi connectivity index (χ3n) is 1.18. The predicted molar refractivity (Wildman–Crippen MR) is 42.8 cm³/mol. The van der Waals surface area contributed by atoms with Gasteiger partial charge in [0.25, 0.3) is 0 Å². The van der Waals surface area contributed by atoms with Crippen LogP contribution in [0.1, 0.15) is 6.42 Å². The Morgan fingerprint density at radius 3 is 3.10 bits per heavy atom. The van der Waals surface area contributed by atoms with E-state index in [1.165, 1.54) is 12.1 Å². The number of ether oxygens (including phenoxy) is 1. The minimum atomic E-state index is -0.0287. The average molecular weight is 159 g/mol. The Morgan fingerprint density at radius 1 is 1.70 bits per heavy atom. The third-order valence-corrected chi connectivity index (χ3v) is 2.88. The minimum Gasteiger partial charge on any atom is -0.389 e. The van der Waals surface area contributed by atoms with Gasteiger partial charge in [0, 0.05) is 13.3 Å². The summed E-state index contributed by atoms with van der Waals surface area (Å²) >= 11 is 0. The van der Waals surface area contributed by atoms with Gasteiger partial charge in [-0.3, -0.25) is 0 Å². The first-order valence-electron chi connectivity index (χ1n) is 3.44. The van der Waals surface area contributed by atoms with Crippen molar-refractivity contribution < 1.29 is 9.53 Å². The van der Waals surface area contributed by atoms with E-state index < -0.39 is 0 Å². The Balaban J connectivity index is 2.83. The summed E-state index contributed by atoms with van der Waals surface area (Å²) in [5, 5.41) is 0. The Labute approximate surface area is 63.3 Å². The molecule has 0 atom stereocenters. The van der Waals surface area contributed by atoms with Crippen LogP contribution < -0.4 is 0 Å². The molecule has 0 unspecified atom stereocenters. The van der Waals surface area contributed by atoms with Gasteiger partial charge in [0.2, 0.25) is 6.08 Å². The van der Waals surface area contributed by atoms with Crippen LogP contribution in [0.3, 0.4) is 0 Å². The van der Waals surface area contributed by atoms with E-state index >= 15 is 0 Å². The molecular formula is C6H13NO2Si. The van der Waals surface area contributed by atoms with Gasteiger partial charge in [0.1, 0.15) is 0 Å². The van der Waals surface area contributed by atoms with Gasteiger partial charge >= 0.3 is 0 Å². The molecule has 0 N–H and O–H groups in total. The Bertz CT molecular complexity index is 112. The maximum Gasteiger partial charge on any atom is 0.234 e. The Kier molecular flexibility index (Phi) is 8.18. The van der Waals surface area contributed by atoms with Crippen LogP contribution >= 0.6 is 0 Å². The number of rotatable bonds is 6. The third kappa shape index (κ3) is 7.56. The fourth-order valence-corrected chi connectivity index (χ4v) is 1.73. The second-order valence-electron chi connectivity index (χ2n) is 2.03. The number of carbonyl (C=O) groups excluding carboxylic acids is 1. The largest absolute Gasteiger partial charge is 0.389 e. The first-order valence-corrected chi connectivity index (χ1v) is 5.44. The van der Waals surface area contributed by atoms with Crippen LogP contribution in [0.25, 0.3) is 0 Å². The summed E-state index contributed by atoms with van der Waals surface area (Å²) in [6, 6.07) is 1.21. The lowest BCUT2D eigenvalue weighted by atomic mass is 10.5. The maximum atomic E-state index is 9.59. The summed E-state index contributed by atoms with van der Waals surface area (Å²) < 4.78 is 4.90. The van der Waals surface area contributed by atoms with Crippen molar-refractivity contribution in [3.63, 3.8) is 0 Å². The van der Waals surface area contributed by atoms with Crippen LogP contribution in [0.4, 0.5) is 0 Å². The zero-order chi connectivity index (χ0) is 7.66. The first kappa shape index (κ1) is 9.56. The Hall–Kier alpha value is -0.443. The maximum absolute atomic E-state index is 9.59. The standard InChI is InChI=1S/C6H13NO2Si/c1-9-6-10-4-2-3-7-5-8/h2-4,6,10H2,1H3. The molecule has 0 bridgehead atoms. The summed E-state index contributed by atoms with van der Waals surface area (Å²) in [6.45, 7) is 0.639. The van der Waals surface area contributed by atoms with Gasteiger partial charge in [0.05, 0.1) is 16.1 Å². The van der Waals surface area contributed by atoms with Gasteiger partial charge in [-0.2, -0.15) is 0 Å². The lowest BCUT2D eigenvalue weighted by Crippen LogP contribution is -2.00. The summed E-state index contributed by atoms with van der Waals surface area (Å²) in [5.41, 5.74) is 0. The zero-order valence-electron chi connectivity index (χ0n) is 6.30. The number of methoxy groups -OCH3 is 1. The quantitative estimate of drug-likeness (QED) is 0.235. The SMILES string of the molecule is COC[SiH2]CCCN=C=O. The van der Waals surface area contributed by atoms with E-state index in [0.717, 1.165) is 12.7 Å². The molecule has 0 amide bonds. The van der Waals surface area contributed by atoms with Crippen molar-refractivity contribution in [2.75, 3.05) is 19.9 Å². The van der Waals surface area contributed by atoms with Crippen molar-refractivity contribution in [2.45, 2.75) is 12.5 Å². The van der Waals surface area contributed by atoms with Crippen molar-refractivity contribution in [3.05, 3.63) is 0 Å². The van der Waals surface area contributed by atoms with Crippen molar-refractivity contribution in [3.8, 4) is 0 Å². The van der Waals surface area contributed by atoms with Crippen molar-refractivity contribution >= 4 is 15.6 Å². The van der Waals surface area contributed by atoms with E-state index in [1.54, 1.807) is 7.11 Å². The number of hydrogen-bond acceptors (Lipinski definition) is 3. The van der Waals surface area contributed by atoms with E-state index in [1.807, 2.05) is 0 Å². The smallest absolute Gasteiger partial charge is 0.234 e. The molecule has 0 aliphatic heterocycles. The van der Waals surface area contributed by atoms with Gasteiger partial charge in [-0.1, -0.05) is 6.04 Å². The van der Waals surface area contributed by atoms with E-state index in [4.69, 9.17) is 4.74 Å². The highest BCUT2D eigenvalue weighted by atomic mass is 28.2. The van der Waals surface area contributed by atoms with Crippen LogP contribution in [-0.2, 0) is 9.53 Å². The molecule has 0 heterocycles.